The van der Waals surface area contributed by atoms with E-state index in [0.717, 1.165) is 6.54 Å². The summed E-state index contributed by atoms with van der Waals surface area (Å²) < 4.78 is 1.36. The van der Waals surface area contributed by atoms with Gasteiger partial charge in [0.05, 0.1) is 17.2 Å². The molecular formula is C19H26N4O2. The predicted molar refractivity (Wildman–Crippen MR) is 98.5 cm³/mol. The molecule has 0 aliphatic heterocycles. The standard InChI is InChI=1S/C19H26N4O2/c24-18(21-12-11-20-15-7-3-1-2-4-8-15)13-23-14-22-17-10-6-5-9-16(17)19(23)25/h5-6,9-10,14-15,20H,1-4,7-8,11-13H2,(H,21,24). The predicted octanol–water partition coefficient (Wildman–Crippen LogP) is 1.83. The van der Waals surface area contributed by atoms with Gasteiger partial charge in [-0.3, -0.25) is 14.2 Å². The van der Waals surface area contributed by atoms with E-state index in [-0.39, 0.29) is 18.0 Å². The largest absolute Gasteiger partial charge is 0.353 e. The quantitative estimate of drug-likeness (QED) is 0.620. The molecule has 134 valence electrons. The van der Waals surface area contributed by atoms with Crippen LogP contribution in [-0.2, 0) is 11.3 Å². The fraction of sp³-hybridized carbons (Fsp3) is 0.526. The van der Waals surface area contributed by atoms with E-state index in [2.05, 4.69) is 15.6 Å². The van der Waals surface area contributed by atoms with Gasteiger partial charge in [0.25, 0.3) is 5.56 Å². The van der Waals surface area contributed by atoms with Crippen LogP contribution in [0, 0.1) is 0 Å². The maximum Gasteiger partial charge on any atom is 0.261 e. The molecule has 0 unspecified atom stereocenters. The third-order valence-corrected chi connectivity index (χ3v) is 4.78. The Bertz CT molecular complexity index is 763. The van der Waals surface area contributed by atoms with E-state index in [4.69, 9.17) is 0 Å². The number of amides is 1. The monoisotopic (exact) mass is 342 g/mol. The number of carbonyl (C=O) groups excluding carboxylic acids is 1. The molecule has 0 radical (unpaired) electrons. The van der Waals surface area contributed by atoms with Crippen molar-refractivity contribution in [3.05, 3.63) is 40.9 Å². The van der Waals surface area contributed by atoms with Crippen molar-refractivity contribution in [3.63, 3.8) is 0 Å². The number of aromatic nitrogens is 2. The molecule has 1 aromatic carbocycles. The van der Waals surface area contributed by atoms with Crippen LogP contribution in [0.2, 0.25) is 0 Å². The smallest absolute Gasteiger partial charge is 0.261 e. The zero-order valence-corrected chi connectivity index (χ0v) is 14.5. The molecule has 1 aliphatic rings. The molecule has 6 nitrogen and oxygen atoms in total. The van der Waals surface area contributed by atoms with Gasteiger partial charge in [-0.2, -0.15) is 0 Å². The number of nitrogens with one attached hydrogen (secondary N) is 2. The normalized spacial score (nSPS) is 15.8. The lowest BCUT2D eigenvalue weighted by molar-refractivity contribution is -0.121. The second-order valence-electron chi connectivity index (χ2n) is 6.69. The fourth-order valence-electron chi connectivity index (χ4n) is 3.39. The van der Waals surface area contributed by atoms with Crippen LogP contribution < -0.4 is 16.2 Å². The summed E-state index contributed by atoms with van der Waals surface area (Å²) in [5.41, 5.74) is 0.467. The molecule has 0 spiro atoms. The number of fused-ring (bicyclic) bond motifs is 1. The van der Waals surface area contributed by atoms with E-state index in [1.807, 2.05) is 6.07 Å². The van der Waals surface area contributed by atoms with E-state index in [1.165, 1.54) is 49.4 Å². The first-order valence-corrected chi connectivity index (χ1v) is 9.18. The van der Waals surface area contributed by atoms with Gasteiger partial charge in [0.2, 0.25) is 5.91 Å². The zero-order valence-electron chi connectivity index (χ0n) is 14.5. The molecule has 1 heterocycles. The molecule has 6 heteroatoms. The highest BCUT2D eigenvalue weighted by atomic mass is 16.2. The number of rotatable bonds is 6. The topological polar surface area (TPSA) is 76.0 Å². The highest BCUT2D eigenvalue weighted by molar-refractivity contribution is 5.78. The van der Waals surface area contributed by atoms with Crippen LogP contribution in [0.15, 0.2) is 35.4 Å². The first kappa shape index (κ1) is 17.6. The van der Waals surface area contributed by atoms with E-state index in [9.17, 15) is 9.59 Å². The second kappa shape index (κ2) is 8.76. The molecule has 1 aromatic heterocycles. The lowest BCUT2D eigenvalue weighted by atomic mass is 10.1. The van der Waals surface area contributed by atoms with Crippen LogP contribution in [0.25, 0.3) is 10.9 Å². The number of benzene rings is 1. The summed E-state index contributed by atoms with van der Waals surface area (Å²) >= 11 is 0. The molecule has 2 N–H and O–H groups in total. The molecule has 1 aliphatic carbocycles. The van der Waals surface area contributed by atoms with Crippen LogP contribution >= 0.6 is 0 Å². The Morgan fingerprint density at radius 3 is 2.68 bits per heavy atom. The fourth-order valence-corrected chi connectivity index (χ4v) is 3.39. The average Bonchev–Trinajstić information content (AvgIpc) is 2.90. The van der Waals surface area contributed by atoms with Gasteiger partial charge in [-0.25, -0.2) is 4.98 Å². The maximum atomic E-state index is 12.4. The number of hydrogen-bond donors (Lipinski definition) is 2. The van der Waals surface area contributed by atoms with Gasteiger partial charge < -0.3 is 10.6 Å². The minimum absolute atomic E-state index is 0.0000954. The van der Waals surface area contributed by atoms with Gasteiger partial charge in [0.1, 0.15) is 6.54 Å². The SMILES string of the molecule is O=C(Cn1cnc2ccccc2c1=O)NCCNC1CCCCCC1. The van der Waals surface area contributed by atoms with Crippen molar-refractivity contribution < 1.29 is 4.79 Å². The highest BCUT2D eigenvalue weighted by Gasteiger charge is 2.11. The molecule has 2 aromatic rings. The Kier molecular flexibility index (Phi) is 6.17. The number of carbonyl (C=O) groups is 1. The lowest BCUT2D eigenvalue weighted by Crippen LogP contribution is -2.39. The molecule has 1 saturated carbocycles. The van der Waals surface area contributed by atoms with Gasteiger partial charge >= 0.3 is 0 Å². The van der Waals surface area contributed by atoms with E-state index >= 15 is 0 Å². The second-order valence-corrected chi connectivity index (χ2v) is 6.69. The summed E-state index contributed by atoms with van der Waals surface area (Å²) in [7, 11) is 0. The van der Waals surface area contributed by atoms with E-state index in [1.54, 1.807) is 18.2 Å². The van der Waals surface area contributed by atoms with Crippen LogP contribution in [0.5, 0.6) is 0 Å². The molecule has 3 rings (SSSR count). The first-order valence-electron chi connectivity index (χ1n) is 9.18. The number of nitrogens with zero attached hydrogens (tertiary/aromatic N) is 2. The minimum atomic E-state index is -0.183. The Balaban J connectivity index is 1.46. The number of hydrogen-bond acceptors (Lipinski definition) is 4. The van der Waals surface area contributed by atoms with E-state index < -0.39 is 0 Å². The number of para-hydroxylation sites is 1. The van der Waals surface area contributed by atoms with Crippen molar-refractivity contribution in [2.24, 2.45) is 0 Å². The third-order valence-electron chi connectivity index (χ3n) is 4.78. The molecular weight excluding hydrogens is 316 g/mol. The molecule has 0 bridgehead atoms. The summed E-state index contributed by atoms with van der Waals surface area (Å²) in [5, 5.41) is 6.93. The van der Waals surface area contributed by atoms with Crippen LogP contribution in [-0.4, -0.2) is 34.6 Å². The molecule has 0 saturated heterocycles. The van der Waals surface area contributed by atoms with Gasteiger partial charge in [-0.1, -0.05) is 37.8 Å². The third kappa shape index (κ3) is 4.89. The maximum absolute atomic E-state index is 12.4. The summed E-state index contributed by atoms with van der Waals surface area (Å²) in [6.45, 7) is 1.34. The Labute approximate surface area is 147 Å². The van der Waals surface area contributed by atoms with Crippen molar-refractivity contribution >= 4 is 16.8 Å². The Hall–Kier alpha value is -2.21. The van der Waals surface area contributed by atoms with Crippen molar-refractivity contribution in [1.82, 2.24) is 20.2 Å². The van der Waals surface area contributed by atoms with Crippen LogP contribution in [0.1, 0.15) is 38.5 Å². The van der Waals surface area contributed by atoms with Gasteiger partial charge in [0, 0.05) is 19.1 Å². The Morgan fingerprint density at radius 2 is 1.88 bits per heavy atom. The van der Waals surface area contributed by atoms with Gasteiger partial charge in [0.15, 0.2) is 0 Å². The van der Waals surface area contributed by atoms with Crippen molar-refractivity contribution in [2.75, 3.05) is 13.1 Å². The Morgan fingerprint density at radius 1 is 1.12 bits per heavy atom. The lowest BCUT2D eigenvalue weighted by Gasteiger charge is -2.16. The molecule has 25 heavy (non-hydrogen) atoms. The van der Waals surface area contributed by atoms with Crippen molar-refractivity contribution in [1.29, 1.82) is 0 Å². The van der Waals surface area contributed by atoms with Crippen LogP contribution in [0.4, 0.5) is 0 Å². The molecule has 1 fully saturated rings. The van der Waals surface area contributed by atoms with Gasteiger partial charge in [-0.05, 0) is 25.0 Å². The van der Waals surface area contributed by atoms with Crippen LogP contribution in [0.3, 0.4) is 0 Å². The highest BCUT2D eigenvalue weighted by Crippen LogP contribution is 2.16. The van der Waals surface area contributed by atoms with E-state index in [0.29, 0.717) is 23.5 Å². The summed E-state index contributed by atoms with van der Waals surface area (Å²) in [5.74, 6) is -0.165. The minimum Gasteiger partial charge on any atom is -0.353 e. The summed E-state index contributed by atoms with van der Waals surface area (Å²) in [6.07, 6.45) is 9.16. The zero-order chi connectivity index (χ0) is 17.5. The first-order chi connectivity index (χ1) is 12.2. The molecule has 1 amide bonds. The summed E-state index contributed by atoms with van der Waals surface area (Å²) in [4.78, 5) is 28.7. The average molecular weight is 342 g/mol. The summed E-state index contributed by atoms with van der Waals surface area (Å²) in [6, 6.07) is 7.74. The van der Waals surface area contributed by atoms with Gasteiger partial charge in [-0.15, -0.1) is 0 Å². The van der Waals surface area contributed by atoms with Crippen molar-refractivity contribution in [2.45, 2.75) is 51.1 Å². The van der Waals surface area contributed by atoms with Crippen molar-refractivity contribution in [3.8, 4) is 0 Å². The molecule has 0 atom stereocenters.